The minimum Gasteiger partial charge on any atom is -0.744 e. The maximum atomic E-state index is 11.7. The molecule has 0 amide bonds. The van der Waals surface area contributed by atoms with Gasteiger partial charge in [-0.25, -0.2) is 16.8 Å². The van der Waals surface area contributed by atoms with Crippen molar-refractivity contribution in [3.8, 4) is 11.5 Å². The zero-order valence-corrected chi connectivity index (χ0v) is 22.6. The molecule has 2 rings (SSSR count). The Balaban J connectivity index is 0.00000578. The molecule has 0 aliphatic carbocycles. The number of rotatable bonds is 15. The van der Waals surface area contributed by atoms with Gasteiger partial charge in [-0.05, 0) is 60.9 Å². The molecule has 0 aliphatic rings. The molecule has 2 aromatic rings. The van der Waals surface area contributed by atoms with Gasteiger partial charge in [-0.3, -0.25) is 0 Å². The maximum Gasteiger partial charge on any atom is 0.127 e. The van der Waals surface area contributed by atoms with E-state index >= 15 is 0 Å². The Morgan fingerprint density at radius 3 is 1.63 bits per heavy atom. The van der Waals surface area contributed by atoms with Crippen LogP contribution >= 0.6 is 0 Å². The standard InChI is InChI=1S/C24H34O7S2.2H3N/c1-2-3-4-5-6-7-8-9-10-11-12-20-19-22(15-18-24(20)33(28,29)30)31-21-13-16-23(17-14-21)32(25,26)27;;/h13-19H,2-12H2,1H3,(H,25,26,27)(H,28,29,30);2*1H3. The summed E-state index contributed by atoms with van der Waals surface area (Å²) >= 11 is 0. The van der Waals surface area contributed by atoms with Crippen LogP contribution in [0.2, 0.25) is 0 Å². The SMILES string of the molecule is CCCCCCCCCCCCc1cc(Oc2ccc(S(=O)(=O)[O-])cc2)ccc1S(=O)(=O)[O-].[NH4+].[NH4+]. The normalized spacial score (nSPS) is 11.4. The Morgan fingerprint density at radius 1 is 0.657 bits per heavy atom. The van der Waals surface area contributed by atoms with Crippen LogP contribution in [0.25, 0.3) is 0 Å². The van der Waals surface area contributed by atoms with Gasteiger partial charge >= 0.3 is 0 Å². The molecule has 0 radical (unpaired) electrons. The Bertz CT molecular complexity index is 1090. The lowest BCUT2D eigenvalue weighted by molar-refractivity contribution is 0.459. The summed E-state index contributed by atoms with van der Waals surface area (Å²) in [6.07, 6.45) is 11.9. The minimum absolute atomic E-state index is 0. The topological polar surface area (TPSA) is 197 Å². The van der Waals surface area contributed by atoms with Crippen molar-refractivity contribution in [2.75, 3.05) is 0 Å². The number of hydrogen-bond donors (Lipinski definition) is 2. The van der Waals surface area contributed by atoms with E-state index in [4.69, 9.17) is 4.74 Å². The number of benzene rings is 2. The lowest BCUT2D eigenvalue weighted by Gasteiger charge is -2.15. The number of unbranched alkanes of at least 4 members (excludes halogenated alkanes) is 9. The second kappa shape index (κ2) is 15.9. The average Bonchev–Trinajstić information content (AvgIpc) is 2.74. The summed E-state index contributed by atoms with van der Waals surface area (Å²) in [5.74, 6) is 0.604. The molecular weight excluding hydrogens is 492 g/mol. The molecule has 0 fully saturated rings. The van der Waals surface area contributed by atoms with Gasteiger partial charge in [0, 0.05) is 0 Å². The van der Waals surface area contributed by atoms with Crippen LogP contribution < -0.4 is 17.0 Å². The highest BCUT2D eigenvalue weighted by Gasteiger charge is 2.11. The molecule has 0 aliphatic heterocycles. The van der Waals surface area contributed by atoms with Gasteiger partial charge in [-0.15, -0.1) is 0 Å². The van der Waals surface area contributed by atoms with Crippen molar-refractivity contribution in [2.24, 2.45) is 0 Å². The summed E-state index contributed by atoms with van der Waals surface area (Å²) in [4.78, 5) is -0.622. The lowest BCUT2D eigenvalue weighted by Crippen LogP contribution is -2.04. The van der Waals surface area contributed by atoms with E-state index in [0.29, 0.717) is 17.7 Å². The summed E-state index contributed by atoms with van der Waals surface area (Å²) in [5, 5.41) is 0. The summed E-state index contributed by atoms with van der Waals surface area (Å²) in [6, 6.07) is 9.09. The van der Waals surface area contributed by atoms with Crippen LogP contribution in [0, 0.1) is 0 Å². The van der Waals surface area contributed by atoms with Gasteiger partial charge in [0.05, 0.1) is 9.79 Å². The van der Waals surface area contributed by atoms with Crippen molar-refractivity contribution in [1.82, 2.24) is 12.3 Å². The first-order valence-corrected chi connectivity index (χ1v) is 14.3. The fraction of sp³-hybridized carbons (Fsp3) is 0.500. The predicted molar refractivity (Wildman–Crippen MR) is 136 cm³/mol. The van der Waals surface area contributed by atoms with Crippen LogP contribution in [0.5, 0.6) is 11.5 Å². The van der Waals surface area contributed by atoms with Gasteiger partial charge in [-0.2, -0.15) is 0 Å². The van der Waals surface area contributed by atoms with Crippen molar-refractivity contribution in [3.63, 3.8) is 0 Å². The Kier molecular flexibility index (Phi) is 15.0. The van der Waals surface area contributed by atoms with Crippen molar-refractivity contribution < 1.29 is 30.7 Å². The summed E-state index contributed by atoms with van der Waals surface area (Å²) in [5.41, 5.74) is 0.404. The van der Waals surface area contributed by atoms with Crippen LogP contribution in [0.15, 0.2) is 52.3 Å². The van der Waals surface area contributed by atoms with Crippen molar-refractivity contribution in [2.45, 2.75) is 87.3 Å². The molecule has 0 saturated carbocycles. The number of ether oxygens (including phenoxy) is 1. The summed E-state index contributed by atoms with van der Waals surface area (Å²) in [7, 11) is -9.17. The molecule has 11 heteroatoms. The first-order chi connectivity index (χ1) is 15.6. The summed E-state index contributed by atoms with van der Waals surface area (Å²) < 4.78 is 73.7. The first-order valence-electron chi connectivity index (χ1n) is 11.4. The Morgan fingerprint density at radius 2 is 1.14 bits per heavy atom. The number of hydrogen-bond acceptors (Lipinski definition) is 7. The Hall–Kier alpha value is -2.02. The highest BCUT2D eigenvalue weighted by molar-refractivity contribution is 7.86. The third-order valence-electron chi connectivity index (χ3n) is 5.45. The zero-order valence-electron chi connectivity index (χ0n) is 21.0. The highest BCUT2D eigenvalue weighted by Crippen LogP contribution is 2.28. The third-order valence-corrected chi connectivity index (χ3v) is 7.24. The number of aryl methyl sites for hydroxylation is 1. The Labute approximate surface area is 210 Å². The van der Waals surface area contributed by atoms with Crippen LogP contribution in [-0.4, -0.2) is 25.9 Å². The molecule has 2 aromatic carbocycles. The van der Waals surface area contributed by atoms with Gasteiger partial charge in [0.2, 0.25) is 0 Å². The molecule has 0 bridgehead atoms. The molecule has 8 N–H and O–H groups in total. The van der Waals surface area contributed by atoms with Crippen LogP contribution in [0.3, 0.4) is 0 Å². The molecule has 0 unspecified atom stereocenters. The van der Waals surface area contributed by atoms with Crippen LogP contribution in [0.4, 0.5) is 0 Å². The monoisotopic (exact) mass is 532 g/mol. The van der Waals surface area contributed by atoms with Gasteiger partial charge in [0.1, 0.15) is 31.7 Å². The van der Waals surface area contributed by atoms with Crippen molar-refractivity contribution in [3.05, 3.63) is 48.0 Å². The molecule has 9 nitrogen and oxygen atoms in total. The van der Waals surface area contributed by atoms with Gasteiger partial charge in [0.15, 0.2) is 0 Å². The molecule has 35 heavy (non-hydrogen) atoms. The van der Waals surface area contributed by atoms with E-state index < -0.39 is 20.2 Å². The van der Waals surface area contributed by atoms with Crippen molar-refractivity contribution >= 4 is 20.2 Å². The van der Waals surface area contributed by atoms with E-state index in [1.807, 2.05) is 0 Å². The first kappa shape index (κ1) is 33.0. The molecule has 0 saturated heterocycles. The van der Waals surface area contributed by atoms with E-state index in [9.17, 15) is 25.9 Å². The van der Waals surface area contributed by atoms with E-state index in [1.54, 1.807) is 0 Å². The van der Waals surface area contributed by atoms with Crippen LogP contribution in [-0.2, 0) is 26.7 Å². The lowest BCUT2D eigenvalue weighted by atomic mass is 10.0. The van der Waals surface area contributed by atoms with Crippen LogP contribution in [0.1, 0.15) is 76.7 Å². The molecule has 0 heterocycles. The van der Waals surface area contributed by atoms with Gasteiger partial charge in [-0.1, -0.05) is 64.7 Å². The highest BCUT2D eigenvalue weighted by atomic mass is 32.2. The molecule has 0 aromatic heterocycles. The third kappa shape index (κ3) is 12.0. The summed E-state index contributed by atoms with van der Waals surface area (Å²) in [6.45, 7) is 2.20. The van der Waals surface area contributed by atoms with Crippen molar-refractivity contribution in [1.29, 1.82) is 0 Å². The van der Waals surface area contributed by atoms with E-state index in [-0.39, 0.29) is 27.8 Å². The van der Waals surface area contributed by atoms with E-state index in [1.165, 1.54) is 68.9 Å². The van der Waals surface area contributed by atoms with E-state index in [2.05, 4.69) is 6.92 Å². The molecule has 0 atom stereocenters. The van der Waals surface area contributed by atoms with Gasteiger partial charge in [0.25, 0.3) is 0 Å². The fourth-order valence-corrected chi connectivity index (χ4v) is 4.86. The molecule has 0 spiro atoms. The zero-order chi connectivity index (χ0) is 24.3. The maximum absolute atomic E-state index is 11.7. The van der Waals surface area contributed by atoms with Gasteiger partial charge < -0.3 is 26.1 Å². The fourth-order valence-electron chi connectivity index (χ4n) is 3.67. The second-order valence-corrected chi connectivity index (χ2v) is 10.9. The largest absolute Gasteiger partial charge is 0.744 e. The molecular formula is C24H40N2O7S2. The quantitative estimate of drug-likeness (QED) is 0.192. The number of quaternary nitrogens is 2. The van der Waals surface area contributed by atoms with E-state index in [0.717, 1.165) is 37.8 Å². The molecule has 200 valence electrons. The smallest absolute Gasteiger partial charge is 0.127 e. The average molecular weight is 533 g/mol. The second-order valence-electron chi connectivity index (χ2n) is 8.18. The predicted octanol–water partition coefficient (Wildman–Crippen LogP) is 6.50. The minimum atomic E-state index is -4.61.